The van der Waals surface area contributed by atoms with Gasteiger partial charge in [-0.1, -0.05) is 46.9 Å². The van der Waals surface area contributed by atoms with Gasteiger partial charge < -0.3 is 5.32 Å². The van der Waals surface area contributed by atoms with E-state index in [4.69, 9.17) is 34.8 Å². The zero-order valence-corrected chi connectivity index (χ0v) is 13.8. The number of hydrazone groups is 1. The Kier molecular flexibility index (Phi) is 5.98. The van der Waals surface area contributed by atoms with Gasteiger partial charge in [-0.05, 0) is 35.9 Å². The van der Waals surface area contributed by atoms with E-state index in [0.717, 1.165) is 5.56 Å². The molecule has 23 heavy (non-hydrogen) atoms. The van der Waals surface area contributed by atoms with E-state index in [1.807, 2.05) is 0 Å². The molecule has 0 bridgehead atoms. The van der Waals surface area contributed by atoms with Gasteiger partial charge in [-0.15, -0.1) is 0 Å². The van der Waals surface area contributed by atoms with Gasteiger partial charge in [0.2, 0.25) is 0 Å². The fourth-order valence-corrected chi connectivity index (χ4v) is 1.95. The van der Waals surface area contributed by atoms with Gasteiger partial charge in [-0.3, -0.25) is 9.59 Å². The Morgan fingerprint density at radius 1 is 0.913 bits per heavy atom. The predicted molar refractivity (Wildman–Crippen MR) is 92.3 cm³/mol. The number of nitrogens with zero attached hydrogens (tertiary/aromatic N) is 1. The molecule has 8 heteroatoms. The van der Waals surface area contributed by atoms with Crippen LogP contribution >= 0.6 is 34.8 Å². The third-order valence-corrected chi connectivity index (χ3v) is 3.62. The second-order valence-corrected chi connectivity index (χ2v) is 5.58. The van der Waals surface area contributed by atoms with Crippen molar-refractivity contribution in [3.05, 3.63) is 63.1 Å². The molecule has 5 nitrogen and oxygen atoms in total. The average Bonchev–Trinajstić information content (AvgIpc) is 2.52. The Hall–Kier alpha value is -2.08. The van der Waals surface area contributed by atoms with E-state index < -0.39 is 11.8 Å². The van der Waals surface area contributed by atoms with Gasteiger partial charge in [0.25, 0.3) is 0 Å². The van der Waals surface area contributed by atoms with Crippen LogP contribution in [0.25, 0.3) is 0 Å². The first-order valence-electron chi connectivity index (χ1n) is 6.31. The summed E-state index contributed by atoms with van der Waals surface area (Å²) in [4.78, 5) is 23.3. The number of anilines is 1. The van der Waals surface area contributed by atoms with Gasteiger partial charge in [0.15, 0.2) is 0 Å². The van der Waals surface area contributed by atoms with Gasteiger partial charge in [-0.2, -0.15) is 5.10 Å². The smallest absolute Gasteiger partial charge is 0.318 e. The molecular formula is C15H10Cl3N3O2. The molecule has 0 aliphatic rings. The lowest BCUT2D eigenvalue weighted by atomic mass is 10.2. The molecule has 0 saturated carbocycles. The highest BCUT2D eigenvalue weighted by Gasteiger charge is 2.13. The van der Waals surface area contributed by atoms with Crippen molar-refractivity contribution in [3.63, 3.8) is 0 Å². The number of carbonyl (C=O) groups is 2. The predicted octanol–water partition coefficient (Wildman–Crippen LogP) is 3.74. The summed E-state index contributed by atoms with van der Waals surface area (Å²) in [6.07, 6.45) is 1.39. The summed E-state index contributed by atoms with van der Waals surface area (Å²) in [5.74, 6) is -1.79. The minimum atomic E-state index is -0.915. The van der Waals surface area contributed by atoms with Gasteiger partial charge in [0, 0.05) is 10.7 Å². The number of benzene rings is 2. The molecule has 2 aromatic carbocycles. The van der Waals surface area contributed by atoms with E-state index in [9.17, 15) is 9.59 Å². The topological polar surface area (TPSA) is 70.6 Å². The lowest BCUT2D eigenvalue weighted by Gasteiger charge is -2.05. The third kappa shape index (κ3) is 5.25. The molecule has 2 amide bonds. The molecular weight excluding hydrogens is 361 g/mol. The Bertz CT molecular complexity index is 761. The normalized spacial score (nSPS) is 10.6. The monoisotopic (exact) mass is 369 g/mol. The molecule has 0 aliphatic carbocycles. The van der Waals surface area contributed by atoms with Gasteiger partial charge in [0.05, 0.1) is 16.3 Å². The quantitative estimate of drug-likeness (QED) is 0.491. The fraction of sp³-hybridized carbons (Fsp3) is 0. The molecule has 2 N–H and O–H groups in total. The number of hydrogen-bond donors (Lipinski definition) is 2. The zero-order valence-electron chi connectivity index (χ0n) is 11.5. The molecule has 2 rings (SSSR count). The Balaban J connectivity index is 1.90. The fourth-order valence-electron chi connectivity index (χ4n) is 1.53. The maximum absolute atomic E-state index is 11.7. The molecule has 0 unspecified atom stereocenters. The minimum Gasteiger partial charge on any atom is -0.318 e. The molecule has 0 fully saturated rings. The van der Waals surface area contributed by atoms with Crippen LogP contribution in [0.5, 0.6) is 0 Å². The van der Waals surface area contributed by atoms with E-state index in [2.05, 4.69) is 15.8 Å². The summed E-state index contributed by atoms with van der Waals surface area (Å²) in [7, 11) is 0. The highest BCUT2D eigenvalue weighted by atomic mass is 35.5. The van der Waals surface area contributed by atoms with Crippen LogP contribution in [-0.4, -0.2) is 18.0 Å². The van der Waals surface area contributed by atoms with Crippen LogP contribution in [0.2, 0.25) is 15.1 Å². The number of rotatable bonds is 3. The molecule has 0 aromatic heterocycles. The second-order valence-electron chi connectivity index (χ2n) is 4.33. The molecule has 0 aliphatic heterocycles. The summed E-state index contributed by atoms with van der Waals surface area (Å²) in [6.45, 7) is 0. The highest BCUT2D eigenvalue weighted by Crippen LogP contribution is 2.24. The van der Waals surface area contributed by atoms with Crippen LogP contribution in [0, 0.1) is 0 Å². The number of hydrogen-bond acceptors (Lipinski definition) is 3. The lowest BCUT2D eigenvalue weighted by molar-refractivity contribution is -0.136. The van der Waals surface area contributed by atoms with Crippen LogP contribution in [0.3, 0.4) is 0 Å². The first kappa shape index (κ1) is 17.3. The molecule has 0 heterocycles. The third-order valence-electron chi connectivity index (χ3n) is 2.63. The standard InChI is InChI=1S/C15H10Cl3N3O2/c16-10-3-1-9(2-4-10)8-19-21-15(23)14(22)20-11-5-6-12(17)13(18)7-11/h1-8H,(H,20,22)(H,21,23). The first-order valence-corrected chi connectivity index (χ1v) is 7.44. The van der Waals surface area contributed by atoms with Gasteiger partial charge in [-0.25, -0.2) is 5.43 Å². The SMILES string of the molecule is O=C(NN=Cc1ccc(Cl)cc1)C(=O)Nc1ccc(Cl)c(Cl)c1. The number of amides is 2. The van der Waals surface area contributed by atoms with Crippen molar-refractivity contribution < 1.29 is 9.59 Å². The van der Waals surface area contributed by atoms with E-state index in [1.165, 1.54) is 24.4 Å². The molecule has 2 aromatic rings. The van der Waals surface area contributed by atoms with Crippen molar-refractivity contribution in [2.75, 3.05) is 5.32 Å². The van der Waals surface area contributed by atoms with Crippen molar-refractivity contribution in [1.82, 2.24) is 5.43 Å². The molecule has 0 saturated heterocycles. The largest absolute Gasteiger partial charge is 0.329 e. The number of halogens is 3. The molecule has 118 valence electrons. The molecule has 0 radical (unpaired) electrons. The summed E-state index contributed by atoms with van der Waals surface area (Å²) in [5, 5.41) is 7.28. The van der Waals surface area contributed by atoms with Crippen molar-refractivity contribution in [3.8, 4) is 0 Å². The maximum Gasteiger partial charge on any atom is 0.329 e. The van der Waals surface area contributed by atoms with Crippen molar-refractivity contribution in [2.45, 2.75) is 0 Å². The van der Waals surface area contributed by atoms with Crippen LogP contribution < -0.4 is 10.7 Å². The van der Waals surface area contributed by atoms with Gasteiger partial charge >= 0.3 is 11.8 Å². The van der Waals surface area contributed by atoms with Crippen molar-refractivity contribution in [2.24, 2.45) is 5.10 Å². The lowest BCUT2D eigenvalue weighted by Crippen LogP contribution is -2.32. The van der Waals surface area contributed by atoms with Crippen LogP contribution in [0.1, 0.15) is 5.56 Å². The highest BCUT2D eigenvalue weighted by molar-refractivity contribution is 6.43. The summed E-state index contributed by atoms with van der Waals surface area (Å²) >= 11 is 17.3. The van der Waals surface area contributed by atoms with E-state index in [-0.39, 0.29) is 5.02 Å². The Labute approximate surface area is 147 Å². The first-order chi connectivity index (χ1) is 11.0. The number of carbonyl (C=O) groups excluding carboxylic acids is 2. The number of nitrogens with one attached hydrogen (secondary N) is 2. The maximum atomic E-state index is 11.7. The summed E-state index contributed by atoms with van der Waals surface area (Å²) in [6, 6.07) is 11.3. The zero-order chi connectivity index (χ0) is 16.8. The summed E-state index contributed by atoms with van der Waals surface area (Å²) < 4.78 is 0. The Morgan fingerprint density at radius 3 is 2.26 bits per heavy atom. The van der Waals surface area contributed by atoms with Crippen LogP contribution in [0.4, 0.5) is 5.69 Å². The Morgan fingerprint density at radius 2 is 1.61 bits per heavy atom. The second kappa shape index (κ2) is 7.97. The van der Waals surface area contributed by atoms with E-state index >= 15 is 0 Å². The molecule has 0 spiro atoms. The van der Waals surface area contributed by atoms with Crippen molar-refractivity contribution >= 4 is 58.5 Å². The van der Waals surface area contributed by atoms with E-state index in [0.29, 0.717) is 15.7 Å². The average molecular weight is 371 g/mol. The van der Waals surface area contributed by atoms with Crippen LogP contribution in [-0.2, 0) is 9.59 Å². The molecule has 0 atom stereocenters. The minimum absolute atomic E-state index is 0.269. The van der Waals surface area contributed by atoms with Gasteiger partial charge in [0.1, 0.15) is 0 Å². The van der Waals surface area contributed by atoms with E-state index in [1.54, 1.807) is 24.3 Å². The van der Waals surface area contributed by atoms with Crippen LogP contribution in [0.15, 0.2) is 47.6 Å². The summed E-state index contributed by atoms with van der Waals surface area (Å²) in [5.41, 5.74) is 3.19. The van der Waals surface area contributed by atoms with Crippen molar-refractivity contribution in [1.29, 1.82) is 0 Å².